The molecule has 1 aromatic rings. The molecule has 92 valence electrons. The summed E-state index contributed by atoms with van der Waals surface area (Å²) in [6.07, 6.45) is 0. The number of amides is 1. The van der Waals surface area contributed by atoms with Crippen molar-refractivity contribution in [3.63, 3.8) is 0 Å². The molecule has 1 fully saturated rings. The first-order valence-electron chi connectivity index (χ1n) is 5.52. The quantitative estimate of drug-likeness (QED) is 0.615. The number of nitrogens with zero attached hydrogens (tertiary/aromatic N) is 1. The smallest absolute Gasteiger partial charge is 0.254 e. The van der Waals surface area contributed by atoms with Crippen LogP contribution in [0.25, 0.3) is 0 Å². The molecule has 2 heterocycles. The minimum absolute atomic E-state index is 0.222. The molecule has 0 radical (unpaired) electrons. The number of carbonyl (C=O) groups excluding carboxylic acids is 1. The van der Waals surface area contributed by atoms with Gasteiger partial charge >= 0.3 is 0 Å². The molecule has 1 aliphatic heterocycles. The summed E-state index contributed by atoms with van der Waals surface area (Å²) in [7, 11) is 0. The average molecular weight is 237 g/mol. The van der Waals surface area contributed by atoms with Crippen LogP contribution in [0.2, 0.25) is 0 Å². The van der Waals surface area contributed by atoms with Gasteiger partial charge in [0.25, 0.3) is 11.5 Å². The van der Waals surface area contributed by atoms with E-state index in [1.165, 1.54) is 12.1 Å². The van der Waals surface area contributed by atoms with Crippen LogP contribution in [0.15, 0.2) is 16.9 Å². The Balaban J connectivity index is 2.21. The van der Waals surface area contributed by atoms with Crippen LogP contribution in [0.1, 0.15) is 17.3 Å². The Morgan fingerprint density at radius 2 is 2.29 bits per heavy atom. The van der Waals surface area contributed by atoms with Gasteiger partial charge in [-0.25, -0.2) is 0 Å². The van der Waals surface area contributed by atoms with Crippen LogP contribution in [0, 0.1) is 0 Å². The highest BCUT2D eigenvalue weighted by Gasteiger charge is 2.22. The van der Waals surface area contributed by atoms with E-state index in [1.54, 1.807) is 4.90 Å². The van der Waals surface area contributed by atoms with Gasteiger partial charge < -0.3 is 15.3 Å². The van der Waals surface area contributed by atoms with E-state index in [2.05, 4.69) is 10.3 Å². The van der Waals surface area contributed by atoms with Crippen LogP contribution in [-0.2, 0) is 0 Å². The fourth-order valence-electron chi connectivity index (χ4n) is 1.95. The SMILES string of the molecule is CC1CN(C(=O)c2cc(O)[nH]c(=O)c2)CCN1. The summed E-state index contributed by atoms with van der Waals surface area (Å²) < 4.78 is 0. The molecule has 1 unspecified atom stereocenters. The number of hydrogen-bond acceptors (Lipinski definition) is 4. The third kappa shape index (κ3) is 2.65. The molecule has 17 heavy (non-hydrogen) atoms. The zero-order chi connectivity index (χ0) is 12.4. The van der Waals surface area contributed by atoms with Gasteiger partial charge in [-0.1, -0.05) is 0 Å². The monoisotopic (exact) mass is 237 g/mol. The third-order valence-corrected chi connectivity index (χ3v) is 2.73. The van der Waals surface area contributed by atoms with Gasteiger partial charge in [0.15, 0.2) is 5.88 Å². The van der Waals surface area contributed by atoms with Gasteiger partial charge in [-0.15, -0.1) is 0 Å². The maximum absolute atomic E-state index is 12.1. The van der Waals surface area contributed by atoms with Crippen LogP contribution in [-0.4, -0.2) is 46.6 Å². The highest BCUT2D eigenvalue weighted by atomic mass is 16.3. The summed E-state index contributed by atoms with van der Waals surface area (Å²) in [5.74, 6) is -0.510. The fourth-order valence-corrected chi connectivity index (χ4v) is 1.95. The molecule has 0 spiro atoms. The van der Waals surface area contributed by atoms with Gasteiger partial charge in [0.1, 0.15) is 0 Å². The Labute approximate surface area is 98.3 Å². The number of aromatic hydroxyl groups is 1. The van der Waals surface area contributed by atoms with Crippen LogP contribution in [0.3, 0.4) is 0 Å². The molecule has 0 aromatic carbocycles. The molecular formula is C11H15N3O3. The van der Waals surface area contributed by atoms with E-state index in [9.17, 15) is 14.7 Å². The standard InChI is InChI=1S/C11H15N3O3/c1-7-6-14(3-2-12-7)11(17)8-4-9(15)13-10(16)5-8/h4-5,7,12H,2-3,6H2,1H3,(H2,13,15,16). The first-order valence-corrected chi connectivity index (χ1v) is 5.52. The maximum Gasteiger partial charge on any atom is 0.254 e. The van der Waals surface area contributed by atoms with Gasteiger partial charge in [0, 0.05) is 37.8 Å². The van der Waals surface area contributed by atoms with Crippen LogP contribution in [0.5, 0.6) is 5.88 Å². The van der Waals surface area contributed by atoms with E-state index in [0.717, 1.165) is 6.54 Å². The summed E-state index contributed by atoms with van der Waals surface area (Å²) in [5.41, 5.74) is -0.253. The topological polar surface area (TPSA) is 85.4 Å². The van der Waals surface area contributed by atoms with Crippen molar-refractivity contribution in [1.29, 1.82) is 0 Å². The summed E-state index contributed by atoms with van der Waals surface area (Å²) >= 11 is 0. The van der Waals surface area contributed by atoms with Crippen LogP contribution in [0.4, 0.5) is 0 Å². The van der Waals surface area contributed by atoms with Crippen molar-refractivity contribution in [2.24, 2.45) is 0 Å². The molecule has 1 saturated heterocycles. The molecule has 2 rings (SSSR count). The van der Waals surface area contributed by atoms with Gasteiger partial charge in [0.2, 0.25) is 0 Å². The van der Waals surface area contributed by atoms with Gasteiger partial charge in [0.05, 0.1) is 5.56 Å². The molecule has 6 heteroatoms. The Morgan fingerprint density at radius 1 is 1.53 bits per heavy atom. The minimum atomic E-state index is -0.475. The third-order valence-electron chi connectivity index (χ3n) is 2.73. The molecule has 1 aliphatic rings. The lowest BCUT2D eigenvalue weighted by Gasteiger charge is -2.31. The van der Waals surface area contributed by atoms with Crippen molar-refractivity contribution in [1.82, 2.24) is 15.2 Å². The molecule has 3 N–H and O–H groups in total. The zero-order valence-electron chi connectivity index (χ0n) is 9.56. The van der Waals surface area contributed by atoms with Crippen LogP contribution < -0.4 is 10.9 Å². The number of H-pyrrole nitrogens is 1. The number of hydrogen-bond donors (Lipinski definition) is 3. The van der Waals surface area contributed by atoms with E-state index >= 15 is 0 Å². The van der Waals surface area contributed by atoms with E-state index in [-0.39, 0.29) is 23.4 Å². The number of pyridine rings is 1. The predicted molar refractivity (Wildman–Crippen MR) is 62.1 cm³/mol. The molecule has 0 aliphatic carbocycles. The summed E-state index contributed by atoms with van der Waals surface area (Å²) in [4.78, 5) is 27.1. The molecular weight excluding hydrogens is 222 g/mol. The highest BCUT2D eigenvalue weighted by molar-refractivity contribution is 5.94. The normalized spacial score (nSPS) is 20.3. The van der Waals surface area contributed by atoms with Crippen molar-refractivity contribution in [3.8, 4) is 5.88 Å². The maximum atomic E-state index is 12.1. The van der Waals surface area contributed by atoms with Crippen molar-refractivity contribution >= 4 is 5.91 Å². The summed E-state index contributed by atoms with van der Waals surface area (Å²) in [6, 6.07) is 2.72. The van der Waals surface area contributed by atoms with Crippen molar-refractivity contribution in [2.45, 2.75) is 13.0 Å². The second-order valence-corrected chi connectivity index (χ2v) is 4.22. The van der Waals surface area contributed by atoms with Crippen molar-refractivity contribution < 1.29 is 9.90 Å². The number of aromatic amines is 1. The van der Waals surface area contributed by atoms with Crippen molar-refractivity contribution in [2.75, 3.05) is 19.6 Å². The average Bonchev–Trinajstić information content (AvgIpc) is 2.26. The van der Waals surface area contributed by atoms with Crippen molar-refractivity contribution in [3.05, 3.63) is 28.0 Å². The second-order valence-electron chi connectivity index (χ2n) is 4.22. The zero-order valence-corrected chi connectivity index (χ0v) is 9.56. The number of piperazine rings is 1. The first kappa shape index (κ1) is 11.7. The Kier molecular flexibility index (Phi) is 3.14. The number of nitrogens with one attached hydrogen (secondary N) is 2. The van der Waals surface area contributed by atoms with Gasteiger partial charge in [-0.2, -0.15) is 0 Å². The number of aromatic nitrogens is 1. The van der Waals surface area contributed by atoms with Crippen LogP contribution >= 0.6 is 0 Å². The lowest BCUT2D eigenvalue weighted by molar-refractivity contribution is 0.0708. The Bertz CT molecular complexity index is 483. The highest BCUT2D eigenvalue weighted by Crippen LogP contribution is 2.09. The molecule has 0 bridgehead atoms. The molecule has 1 atom stereocenters. The molecule has 0 saturated carbocycles. The lowest BCUT2D eigenvalue weighted by atomic mass is 10.2. The van der Waals surface area contributed by atoms with Gasteiger partial charge in [-0.05, 0) is 6.92 Å². The molecule has 1 aromatic heterocycles. The molecule has 1 amide bonds. The first-order chi connectivity index (χ1) is 8.06. The van der Waals surface area contributed by atoms with E-state index in [4.69, 9.17) is 0 Å². The minimum Gasteiger partial charge on any atom is -0.494 e. The Hall–Kier alpha value is -1.82. The fraction of sp³-hybridized carbons (Fsp3) is 0.455. The largest absolute Gasteiger partial charge is 0.494 e. The number of rotatable bonds is 1. The van der Waals surface area contributed by atoms with E-state index in [1.807, 2.05) is 6.92 Å². The van der Waals surface area contributed by atoms with E-state index in [0.29, 0.717) is 13.1 Å². The summed E-state index contributed by atoms with van der Waals surface area (Å²) in [6.45, 7) is 3.94. The van der Waals surface area contributed by atoms with Gasteiger partial charge in [-0.3, -0.25) is 14.6 Å². The molecule has 6 nitrogen and oxygen atoms in total. The summed E-state index contributed by atoms with van der Waals surface area (Å²) in [5, 5.41) is 12.5. The number of carbonyl (C=O) groups is 1. The lowest BCUT2D eigenvalue weighted by Crippen LogP contribution is -2.51. The Morgan fingerprint density at radius 3 is 2.94 bits per heavy atom. The predicted octanol–water partition coefficient (Wildman–Crippen LogP) is -0.486. The second kappa shape index (κ2) is 4.58. The van der Waals surface area contributed by atoms with E-state index < -0.39 is 5.56 Å².